The molecule has 1 aromatic rings. The standard InChI is InChI=1S/C11H16N4O3S/c1-12-10-6-13-5-9(15-10)11(16)14-4-8-2-3-19(17,18)7-8/h5-6,8H,2-4,7H2,1H3,(H,12,15)(H,14,16). The van der Waals surface area contributed by atoms with E-state index in [9.17, 15) is 13.2 Å². The molecular formula is C11H16N4O3S. The van der Waals surface area contributed by atoms with E-state index in [1.165, 1.54) is 12.4 Å². The molecule has 1 aliphatic rings. The molecule has 0 spiro atoms. The molecule has 7 nitrogen and oxygen atoms in total. The minimum Gasteiger partial charge on any atom is -0.372 e. The van der Waals surface area contributed by atoms with E-state index in [-0.39, 0.29) is 29.0 Å². The van der Waals surface area contributed by atoms with Gasteiger partial charge in [-0.2, -0.15) is 0 Å². The van der Waals surface area contributed by atoms with Crippen molar-refractivity contribution < 1.29 is 13.2 Å². The fourth-order valence-corrected chi connectivity index (χ4v) is 3.82. The van der Waals surface area contributed by atoms with Gasteiger partial charge < -0.3 is 10.6 Å². The highest BCUT2D eigenvalue weighted by Gasteiger charge is 2.28. The van der Waals surface area contributed by atoms with Crippen LogP contribution in [0.25, 0.3) is 0 Å². The predicted molar refractivity (Wildman–Crippen MR) is 70.7 cm³/mol. The number of aromatic nitrogens is 2. The first-order chi connectivity index (χ1) is 9.00. The van der Waals surface area contributed by atoms with Gasteiger partial charge in [-0.25, -0.2) is 13.4 Å². The molecule has 1 saturated heterocycles. The molecule has 0 aliphatic carbocycles. The van der Waals surface area contributed by atoms with Crippen LogP contribution in [0, 0.1) is 5.92 Å². The number of sulfone groups is 1. The molecule has 2 N–H and O–H groups in total. The molecule has 104 valence electrons. The third-order valence-electron chi connectivity index (χ3n) is 3.00. The first kappa shape index (κ1) is 13.7. The summed E-state index contributed by atoms with van der Waals surface area (Å²) in [6, 6.07) is 0. The topological polar surface area (TPSA) is 101 Å². The summed E-state index contributed by atoms with van der Waals surface area (Å²) in [5, 5.41) is 5.49. The molecule has 0 bridgehead atoms. The molecule has 1 aromatic heterocycles. The van der Waals surface area contributed by atoms with Gasteiger partial charge in [-0.15, -0.1) is 0 Å². The molecule has 1 atom stereocenters. The SMILES string of the molecule is CNc1cncc(C(=O)NCC2CCS(=O)(=O)C2)n1. The number of anilines is 1. The lowest BCUT2D eigenvalue weighted by Gasteiger charge is -2.09. The van der Waals surface area contributed by atoms with Crippen LogP contribution in [0.5, 0.6) is 0 Å². The van der Waals surface area contributed by atoms with Gasteiger partial charge in [-0.3, -0.25) is 9.78 Å². The zero-order valence-electron chi connectivity index (χ0n) is 10.6. The van der Waals surface area contributed by atoms with Gasteiger partial charge >= 0.3 is 0 Å². The normalized spacial score (nSPS) is 21.0. The van der Waals surface area contributed by atoms with Crippen molar-refractivity contribution in [2.45, 2.75) is 6.42 Å². The minimum absolute atomic E-state index is 0.00519. The van der Waals surface area contributed by atoms with E-state index in [2.05, 4.69) is 20.6 Å². The molecular weight excluding hydrogens is 268 g/mol. The highest BCUT2D eigenvalue weighted by molar-refractivity contribution is 7.91. The summed E-state index contributed by atoms with van der Waals surface area (Å²) in [5.41, 5.74) is 0.215. The van der Waals surface area contributed by atoms with E-state index < -0.39 is 9.84 Å². The molecule has 1 fully saturated rings. The zero-order valence-corrected chi connectivity index (χ0v) is 11.4. The predicted octanol–water partition coefficient (Wildman–Crippen LogP) is -0.317. The molecule has 0 saturated carbocycles. The maximum Gasteiger partial charge on any atom is 0.271 e. The first-order valence-electron chi connectivity index (χ1n) is 5.98. The third kappa shape index (κ3) is 3.63. The number of carbonyl (C=O) groups excluding carboxylic acids is 1. The lowest BCUT2D eigenvalue weighted by Crippen LogP contribution is -2.30. The minimum atomic E-state index is -2.91. The van der Waals surface area contributed by atoms with Crippen molar-refractivity contribution in [2.24, 2.45) is 5.92 Å². The highest BCUT2D eigenvalue weighted by atomic mass is 32.2. The van der Waals surface area contributed by atoms with E-state index in [0.717, 1.165) is 0 Å². The summed E-state index contributed by atoms with van der Waals surface area (Å²) in [6.07, 6.45) is 3.49. The second-order valence-electron chi connectivity index (χ2n) is 4.52. The van der Waals surface area contributed by atoms with E-state index >= 15 is 0 Å². The molecule has 1 unspecified atom stereocenters. The van der Waals surface area contributed by atoms with Gasteiger partial charge in [0.25, 0.3) is 5.91 Å². The van der Waals surface area contributed by atoms with Gasteiger partial charge in [0.1, 0.15) is 11.5 Å². The Morgan fingerprint density at radius 2 is 2.26 bits per heavy atom. The Kier molecular flexibility index (Phi) is 3.98. The summed E-state index contributed by atoms with van der Waals surface area (Å²) in [6.45, 7) is 0.351. The van der Waals surface area contributed by atoms with Crippen molar-refractivity contribution in [3.05, 3.63) is 18.1 Å². The van der Waals surface area contributed by atoms with Gasteiger partial charge in [0.05, 0.1) is 23.9 Å². The number of carbonyl (C=O) groups is 1. The maximum absolute atomic E-state index is 11.8. The molecule has 1 amide bonds. The molecule has 0 aromatic carbocycles. The summed E-state index contributed by atoms with van der Waals surface area (Å²) in [4.78, 5) is 19.8. The second kappa shape index (κ2) is 5.52. The third-order valence-corrected chi connectivity index (χ3v) is 4.84. The molecule has 2 rings (SSSR count). The van der Waals surface area contributed by atoms with Crippen LogP contribution in [0.4, 0.5) is 5.82 Å². The van der Waals surface area contributed by atoms with Crippen LogP contribution in [0.15, 0.2) is 12.4 Å². The first-order valence-corrected chi connectivity index (χ1v) is 7.81. The van der Waals surface area contributed by atoms with Gasteiger partial charge in [0, 0.05) is 13.6 Å². The Morgan fingerprint density at radius 3 is 2.89 bits per heavy atom. The van der Waals surface area contributed by atoms with Gasteiger partial charge in [-0.1, -0.05) is 0 Å². The monoisotopic (exact) mass is 284 g/mol. The van der Waals surface area contributed by atoms with Crippen LogP contribution in [0.1, 0.15) is 16.9 Å². The molecule has 2 heterocycles. The highest BCUT2D eigenvalue weighted by Crippen LogP contribution is 2.17. The Hall–Kier alpha value is -1.70. The lowest BCUT2D eigenvalue weighted by molar-refractivity contribution is 0.0943. The fraction of sp³-hybridized carbons (Fsp3) is 0.545. The van der Waals surface area contributed by atoms with Gasteiger partial charge in [-0.05, 0) is 12.3 Å². The summed E-state index contributed by atoms with van der Waals surface area (Å²) in [7, 11) is -1.22. The Bertz CT molecular complexity index is 573. The number of rotatable bonds is 4. The smallest absolute Gasteiger partial charge is 0.271 e. The molecule has 1 aliphatic heterocycles. The maximum atomic E-state index is 11.8. The van der Waals surface area contributed by atoms with Crippen molar-refractivity contribution in [3.63, 3.8) is 0 Å². The van der Waals surface area contributed by atoms with Crippen molar-refractivity contribution in [1.29, 1.82) is 0 Å². The second-order valence-corrected chi connectivity index (χ2v) is 6.75. The Labute approximate surface area is 111 Å². The van der Waals surface area contributed by atoms with E-state index in [1.807, 2.05) is 0 Å². The Balaban J connectivity index is 1.91. The molecule has 8 heteroatoms. The van der Waals surface area contributed by atoms with Crippen LogP contribution in [0.3, 0.4) is 0 Å². The lowest BCUT2D eigenvalue weighted by atomic mass is 10.1. The van der Waals surface area contributed by atoms with Crippen LogP contribution < -0.4 is 10.6 Å². The number of hydrogen-bond donors (Lipinski definition) is 2. The van der Waals surface area contributed by atoms with E-state index in [4.69, 9.17) is 0 Å². The Morgan fingerprint density at radius 1 is 1.47 bits per heavy atom. The van der Waals surface area contributed by atoms with Crippen LogP contribution in [0.2, 0.25) is 0 Å². The molecule has 19 heavy (non-hydrogen) atoms. The average Bonchev–Trinajstić information content (AvgIpc) is 2.75. The largest absolute Gasteiger partial charge is 0.372 e. The number of nitrogens with one attached hydrogen (secondary N) is 2. The van der Waals surface area contributed by atoms with Gasteiger partial charge in [0.15, 0.2) is 9.84 Å². The van der Waals surface area contributed by atoms with E-state index in [0.29, 0.717) is 18.8 Å². The fourth-order valence-electron chi connectivity index (χ4n) is 1.96. The summed E-state index contributed by atoms with van der Waals surface area (Å²) < 4.78 is 22.6. The van der Waals surface area contributed by atoms with Crippen LogP contribution in [-0.2, 0) is 9.84 Å². The van der Waals surface area contributed by atoms with E-state index in [1.54, 1.807) is 7.05 Å². The average molecular weight is 284 g/mol. The van der Waals surface area contributed by atoms with Crippen LogP contribution in [-0.4, -0.2) is 49.4 Å². The van der Waals surface area contributed by atoms with Crippen molar-refractivity contribution in [3.8, 4) is 0 Å². The van der Waals surface area contributed by atoms with Gasteiger partial charge in [0.2, 0.25) is 0 Å². The van der Waals surface area contributed by atoms with Crippen LogP contribution >= 0.6 is 0 Å². The quantitative estimate of drug-likeness (QED) is 0.786. The van der Waals surface area contributed by atoms with Crippen molar-refractivity contribution >= 4 is 21.6 Å². The summed E-state index contributed by atoms with van der Waals surface area (Å²) in [5.74, 6) is 0.525. The number of hydrogen-bond acceptors (Lipinski definition) is 6. The molecule has 0 radical (unpaired) electrons. The summed E-state index contributed by atoms with van der Waals surface area (Å²) >= 11 is 0. The number of amides is 1. The zero-order chi connectivity index (χ0) is 13.9. The van der Waals surface area contributed by atoms with Crippen molar-refractivity contribution in [1.82, 2.24) is 15.3 Å². The van der Waals surface area contributed by atoms with Crippen molar-refractivity contribution in [2.75, 3.05) is 30.4 Å². The number of nitrogens with zero attached hydrogens (tertiary/aromatic N) is 2.